The predicted molar refractivity (Wildman–Crippen MR) is 67.0 cm³/mol. The van der Waals surface area contributed by atoms with Crippen LogP contribution >= 0.6 is 0 Å². The summed E-state index contributed by atoms with van der Waals surface area (Å²) in [6, 6.07) is -0.305. The first-order chi connectivity index (χ1) is 8.66. The number of rotatable bonds is 2. The Kier molecular flexibility index (Phi) is 2.81. The van der Waals surface area contributed by atoms with Gasteiger partial charge in [-0.1, -0.05) is 13.3 Å². The van der Waals surface area contributed by atoms with Crippen LogP contribution in [0, 0.1) is 11.8 Å². The van der Waals surface area contributed by atoms with E-state index in [0.717, 1.165) is 38.9 Å². The number of hydrogen-bond acceptors (Lipinski definition) is 3. The summed E-state index contributed by atoms with van der Waals surface area (Å²) >= 11 is 0. The summed E-state index contributed by atoms with van der Waals surface area (Å²) in [5, 5.41) is 5.40. The van der Waals surface area contributed by atoms with Crippen molar-refractivity contribution < 1.29 is 9.59 Å². The molecule has 2 atom stereocenters. The lowest BCUT2D eigenvalue weighted by Gasteiger charge is -2.52. The molecule has 1 aliphatic carbocycles. The van der Waals surface area contributed by atoms with Crippen LogP contribution in [0.2, 0.25) is 0 Å². The Labute approximate surface area is 107 Å². The predicted octanol–water partition coefficient (Wildman–Crippen LogP) is 0.707. The van der Waals surface area contributed by atoms with Gasteiger partial charge in [0, 0.05) is 24.9 Å². The summed E-state index contributed by atoms with van der Waals surface area (Å²) in [5.74, 6) is 0.476. The van der Waals surface area contributed by atoms with Crippen LogP contribution in [0.15, 0.2) is 0 Å². The summed E-state index contributed by atoms with van der Waals surface area (Å²) in [6.45, 7) is 5.17. The van der Waals surface area contributed by atoms with E-state index in [0.29, 0.717) is 0 Å². The fourth-order valence-electron chi connectivity index (χ4n) is 4.12. The second-order valence-electron chi connectivity index (χ2n) is 5.86. The van der Waals surface area contributed by atoms with Crippen LogP contribution in [-0.4, -0.2) is 42.0 Å². The van der Waals surface area contributed by atoms with Crippen LogP contribution in [0.3, 0.4) is 0 Å². The van der Waals surface area contributed by atoms with Gasteiger partial charge in [0.2, 0.25) is 0 Å². The molecule has 3 aliphatic rings. The number of piperidine rings is 1. The highest BCUT2D eigenvalue weighted by atomic mass is 16.2. The van der Waals surface area contributed by atoms with Gasteiger partial charge >= 0.3 is 6.03 Å². The smallest absolute Gasteiger partial charge is 0.322 e. The second-order valence-corrected chi connectivity index (χ2v) is 5.86. The SMILES string of the molecule is CCCN1C[C@H]2CCC[C@H](C1)C21NC(=O)NC1=O. The van der Waals surface area contributed by atoms with E-state index in [4.69, 9.17) is 0 Å². The molecule has 100 valence electrons. The number of likely N-dealkylation sites (tertiary alicyclic amines) is 1. The molecule has 3 fully saturated rings. The Morgan fingerprint density at radius 3 is 2.44 bits per heavy atom. The summed E-state index contributed by atoms with van der Waals surface area (Å²) < 4.78 is 0. The van der Waals surface area contributed by atoms with Gasteiger partial charge in [-0.2, -0.15) is 0 Å². The molecule has 0 radical (unpaired) electrons. The molecule has 0 aromatic carbocycles. The summed E-state index contributed by atoms with van der Waals surface area (Å²) in [7, 11) is 0. The van der Waals surface area contributed by atoms with E-state index in [1.54, 1.807) is 0 Å². The highest BCUT2D eigenvalue weighted by molar-refractivity contribution is 6.07. The third-order valence-corrected chi connectivity index (χ3v) is 4.81. The zero-order chi connectivity index (χ0) is 12.8. The monoisotopic (exact) mass is 251 g/mol. The van der Waals surface area contributed by atoms with Gasteiger partial charge in [0.1, 0.15) is 5.54 Å². The number of carbonyl (C=O) groups excluding carboxylic acids is 2. The van der Waals surface area contributed by atoms with Crippen molar-refractivity contribution in [3.8, 4) is 0 Å². The van der Waals surface area contributed by atoms with Crippen LogP contribution < -0.4 is 10.6 Å². The van der Waals surface area contributed by atoms with E-state index in [2.05, 4.69) is 22.5 Å². The zero-order valence-corrected chi connectivity index (χ0v) is 10.9. The fraction of sp³-hybridized carbons (Fsp3) is 0.846. The van der Waals surface area contributed by atoms with Crippen molar-refractivity contribution in [2.75, 3.05) is 19.6 Å². The number of nitrogens with one attached hydrogen (secondary N) is 2. The minimum Gasteiger partial charge on any atom is -0.323 e. The van der Waals surface area contributed by atoms with E-state index in [1.165, 1.54) is 6.42 Å². The molecular formula is C13H21N3O2. The summed E-state index contributed by atoms with van der Waals surface area (Å²) in [6.07, 6.45) is 4.42. The Bertz CT molecular complexity index is 368. The van der Waals surface area contributed by atoms with Crippen LogP contribution in [0.4, 0.5) is 4.79 Å². The number of imide groups is 1. The largest absolute Gasteiger partial charge is 0.323 e. The van der Waals surface area contributed by atoms with E-state index in [9.17, 15) is 9.59 Å². The van der Waals surface area contributed by atoms with Crippen molar-refractivity contribution >= 4 is 11.9 Å². The number of carbonyl (C=O) groups is 2. The molecule has 2 heterocycles. The van der Waals surface area contributed by atoms with Crippen molar-refractivity contribution in [2.45, 2.75) is 38.1 Å². The molecule has 3 rings (SSSR count). The van der Waals surface area contributed by atoms with Crippen LogP contribution in [-0.2, 0) is 4.79 Å². The van der Waals surface area contributed by atoms with Crippen LogP contribution in [0.5, 0.6) is 0 Å². The first-order valence-corrected chi connectivity index (χ1v) is 7.02. The summed E-state index contributed by atoms with van der Waals surface area (Å²) in [4.78, 5) is 26.2. The van der Waals surface area contributed by atoms with E-state index in [1.807, 2.05) is 0 Å². The van der Waals surface area contributed by atoms with Gasteiger partial charge in [-0.15, -0.1) is 0 Å². The number of nitrogens with zero attached hydrogens (tertiary/aromatic N) is 1. The molecule has 5 heteroatoms. The third kappa shape index (κ3) is 1.56. The van der Waals surface area contributed by atoms with Gasteiger partial charge in [-0.3, -0.25) is 10.1 Å². The molecule has 2 saturated heterocycles. The van der Waals surface area contributed by atoms with Gasteiger partial charge < -0.3 is 10.2 Å². The molecule has 2 aliphatic heterocycles. The second kappa shape index (κ2) is 4.23. The molecule has 0 aromatic rings. The Morgan fingerprint density at radius 1 is 1.28 bits per heavy atom. The lowest BCUT2D eigenvalue weighted by molar-refractivity contribution is -0.134. The lowest BCUT2D eigenvalue weighted by Crippen LogP contribution is -2.68. The normalized spacial score (nSPS) is 39.8. The zero-order valence-electron chi connectivity index (χ0n) is 10.9. The van der Waals surface area contributed by atoms with Gasteiger partial charge in [-0.25, -0.2) is 4.79 Å². The fourth-order valence-corrected chi connectivity index (χ4v) is 4.12. The van der Waals surface area contributed by atoms with E-state index < -0.39 is 5.54 Å². The van der Waals surface area contributed by atoms with Gasteiger partial charge in [0.05, 0.1) is 0 Å². The molecule has 0 unspecified atom stereocenters. The average Bonchev–Trinajstić information content (AvgIpc) is 2.57. The van der Waals surface area contributed by atoms with Crippen LogP contribution in [0.1, 0.15) is 32.6 Å². The maximum atomic E-state index is 12.2. The molecule has 0 aromatic heterocycles. The molecule has 5 nitrogen and oxygen atoms in total. The maximum absolute atomic E-state index is 12.2. The first kappa shape index (κ1) is 12.0. The molecule has 2 bridgehead atoms. The number of urea groups is 1. The average molecular weight is 251 g/mol. The van der Waals surface area contributed by atoms with Crippen molar-refractivity contribution in [1.29, 1.82) is 0 Å². The number of amides is 3. The lowest BCUT2D eigenvalue weighted by atomic mass is 9.63. The van der Waals surface area contributed by atoms with E-state index in [-0.39, 0.29) is 23.8 Å². The topological polar surface area (TPSA) is 61.4 Å². The van der Waals surface area contributed by atoms with Crippen molar-refractivity contribution in [3.63, 3.8) is 0 Å². The van der Waals surface area contributed by atoms with Gasteiger partial charge in [0.15, 0.2) is 0 Å². The minimum atomic E-state index is -0.598. The molecule has 18 heavy (non-hydrogen) atoms. The Balaban J connectivity index is 1.88. The molecular weight excluding hydrogens is 230 g/mol. The quantitative estimate of drug-likeness (QED) is 0.710. The first-order valence-electron chi connectivity index (χ1n) is 7.02. The standard InChI is InChI=1S/C13H21N3O2/c1-2-6-16-7-9-4-3-5-10(8-16)13(9)11(17)14-12(18)15-13/h9-10H,2-8H2,1H3,(H2,14,15,17,18)/t9-,10-/m1/s1. The molecule has 1 saturated carbocycles. The van der Waals surface area contributed by atoms with Gasteiger partial charge in [-0.05, 0) is 25.8 Å². The highest BCUT2D eigenvalue weighted by Crippen LogP contribution is 2.44. The highest BCUT2D eigenvalue weighted by Gasteiger charge is 2.60. The molecule has 3 amide bonds. The van der Waals surface area contributed by atoms with E-state index >= 15 is 0 Å². The molecule has 1 spiro atoms. The Hall–Kier alpha value is -1.10. The molecule has 2 N–H and O–H groups in total. The van der Waals surface area contributed by atoms with Crippen molar-refractivity contribution in [3.05, 3.63) is 0 Å². The number of hydrogen-bond donors (Lipinski definition) is 2. The van der Waals surface area contributed by atoms with Crippen LogP contribution in [0.25, 0.3) is 0 Å². The third-order valence-electron chi connectivity index (χ3n) is 4.81. The maximum Gasteiger partial charge on any atom is 0.322 e. The minimum absolute atomic E-state index is 0.0849. The van der Waals surface area contributed by atoms with Crippen molar-refractivity contribution in [2.24, 2.45) is 11.8 Å². The van der Waals surface area contributed by atoms with Crippen molar-refractivity contribution in [1.82, 2.24) is 15.5 Å². The summed E-state index contributed by atoms with van der Waals surface area (Å²) in [5.41, 5.74) is -0.598. The van der Waals surface area contributed by atoms with Gasteiger partial charge in [0.25, 0.3) is 5.91 Å². The Morgan fingerprint density at radius 2 is 1.94 bits per heavy atom.